The van der Waals surface area contributed by atoms with Crippen LogP contribution in [0.5, 0.6) is 0 Å². The Morgan fingerprint density at radius 2 is 2.11 bits per heavy atom. The fraction of sp³-hybridized carbons (Fsp3) is 0.846. The van der Waals surface area contributed by atoms with E-state index in [4.69, 9.17) is 0 Å². The van der Waals surface area contributed by atoms with Crippen LogP contribution in [-0.2, 0) is 9.59 Å². The molecule has 0 saturated carbocycles. The molecular weight excluding hydrogens is 230 g/mol. The highest BCUT2D eigenvalue weighted by Crippen LogP contribution is 2.12. The highest BCUT2D eigenvalue weighted by Gasteiger charge is 2.27. The standard InChI is InChI=1S/C13H25N3O2/c1-11(2)14-12(17)7-9-16(3,4)10-15-8-5-6-13(15)18/h11H,5-10H2,1-4H3/p+1. The zero-order valence-corrected chi connectivity index (χ0v) is 12.0. The lowest BCUT2D eigenvalue weighted by molar-refractivity contribution is -0.898. The zero-order chi connectivity index (χ0) is 13.8. The van der Waals surface area contributed by atoms with Gasteiger partial charge in [0.1, 0.15) is 0 Å². The molecule has 1 fully saturated rings. The van der Waals surface area contributed by atoms with Crippen LogP contribution in [0.4, 0.5) is 0 Å². The molecule has 1 aliphatic heterocycles. The van der Waals surface area contributed by atoms with Crippen LogP contribution < -0.4 is 5.32 Å². The quantitative estimate of drug-likeness (QED) is 0.706. The average Bonchev–Trinajstić information content (AvgIpc) is 2.60. The van der Waals surface area contributed by atoms with Crippen LogP contribution in [0, 0.1) is 0 Å². The van der Waals surface area contributed by atoms with Crippen molar-refractivity contribution in [3.63, 3.8) is 0 Å². The molecule has 0 aromatic carbocycles. The Balaban J connectivity index is 2.35. The molecule has 104 valence electrons. The van der Waals surface area contributed by atoms with Crippen LogP contribution in [0.15, 0.2) is 0 Å². The van der Waals surface area contributed by atoms with Crippen molar-refractivity contribution in [1.29, 1.82) is 0 Å². The van der Waals surface area contributed by atoms with E-state index in [0.717, 1.165) is 19.5 Å². The van der Waals surface area contributed by atoms with E-state index in [-0.39, 0.29) is 17.9 Å². The van der Waals surface area contributed by atoms with Crippen LogP contribution in [-0.4, -0.2) is 61.1 Å². The second-order valence-corrected chi connectivity index (χ2v) is 6.03. The van der Waals surface area contributed by atoms with Gasteiger partial charge in [-0.15, -0.1) is 0 Å². The monoisotopic (exact) mass is 256 g/mol. The third-order valence-corrected chi connectivity index (χ3v) is 3.12. The first-order chi connectivity index (χ1) is 8.30. The van der Waals surface area contributed by atoms with Crippen molar-refractivity contribution in [2.45, 2.75) is 39.2 Å². The molecule has 5 heteroatoms. The first-order valence-electron chi connectivity index (χ1n) is 6.69. The number of likely N-dealkylation sites (tertiary alicyclic amines) is 1. The van der Waals surface area contributed by atoms with E-state index in [0.29, 0.717) is 24.0 Å². The lowest BCUT2D eigenvalue weighted by Gasteiger charge is -2.33. The van der Waals surface area contributed by atoms with Crippen molar-refractivity contribution in [3.05, 3.63) is 0 Å². The molecule has 0 unspecified atom stereocenters. The van der Waals surface area contributed by atoms with Crippen molar-refractivity contribution < 1.29 is 14.1 Å². The van der Waals surface area contributed by atoms with E-state index in [1.165, 1.54) is 0 Å². The number of nitrogens with zero attached hydrogens (tertiary/aromatic N) is 2. The fourth-order valence-electron chi connectivity index (χ4n) is 2.18. The molecule has 0 aliphatic carbocycles. The van der Waals surface area contributed by atoms with E-state index >= 15 is 0 Å². The largest absolute Gasteiger partial charge is 0.354 e. The second kappa shape index (κ2) is 6.18. The zero-order valence-electron chi connectivity index (χ0n) is 12.0. The summed E-state index contributed by atoms with van der Waals surface area (Å²) in [4.78, 5) is 25.1. The molecule has 1 N–H and O–H groups in total. The van der Waals surface area contributed by atoms with Crippen molar-refractivity contribution in [2.24, 2.45) is 0 Å². The van der Waals surface area contributed by atoms with Crippen molar-refractivity contribution in [1.82, 2.24) is 10.2 Å². The summed E-state index contributed by atoms with van der Waals surface area (Å²) in [5, 5.41) is 2.89. The smallest absolute Gasteiger partial charge is 0.226 e. The number of hydrogen-bond donors (Lipinski definition) is 1. The summed E-state index contributed by atoms with van der Waals surface area (Å²) in [6.45, 7) is 6.23. The summed E-state index contributed by atoms with van der Waals surface area (Å²) < 4.78 is 0.678. The topological polar surface area (TPSA) is 49.4 Å². The second-order valence-electron chi connectivity index (χ2n) is 6.03. The van der Waals surface area contributed by atoms with E-state index in [2.05, 4.69) is 19.4 Å². The van der Waals surface area contributed by atoms with Gasteiger partial charge in [0.25, 0.3) is 0 Å². The molecule has 0 radical (unpaired) electrons. The minimum Gasteiger partial charge on any atom is -0.354 e. The summed E-state index contributed by atoms with van der Waals surface area (Å²) in [6, 6.07) is 0.188. The molecule has 5 nitrogen and oxygen atoms in total. The maximum Gasteiger partial charge on any atom is 0.226 e. The Kier molecular flexibility index (Phi) is 5.14. The summed E-state index contributed by atoms with van der Waals surface area (Å²) >= 11 is 0. The summed E-state index contributed by atoms with van der Waals surface area (Å²) in [7, 11) is 4.13. The molecule has 0 spiro atoms. The predicted molar refractivity (Wildman–Crippen MR) is 70.7 cm³/mol. The SMILES string of the molecule is CC(C)NC(=O)CC[N+](C)(C)CN1CCCC1=O. The molecule has 0 atom stereocenters. The fourth-order valence-corrected chi connectivity index (χ4v) is 2.18. The highest BCUT2D eigenvalue weighted by molar-refractivity contribution is 5.78. The van der Waals surface area contributed by atoms with Crippen LogP contribution in [0.3, 0.4) is 0 Å². The van der Waals surface area contributed by atoms with Gasteiger partial charge in [-0.3, -0.25) is 14.5 Å². The molecule has 0 bridgehead atoms. The minimum atomic E-state index is 0.0870. The Morgan fingerprint density at radius 3 is 2.61 bits per heavy atom. The molecule has 0 aromatic rings. The van der Waals surface area contributed by atoms with Crippen LogP contribution in [0.25, 0.3) is 0 Å². The lowest BCUT2D eigenvalue weighted by atomic mass is 10.3. The van der Waals surface area contributed by atoms with Gasteiger partial charge < -0.3 is 9.80 Å². The number of quaternary nitrogens is 1. The maximum atomic E-state index is 11.6. The molecule has 1 saturated heterocycles. The van der Waals surface area contributed by atoms with Gasteiger partial charge in [-0.2, -0.15) is 0 Å². The van der Waals surface area contributed by atoms with Crippen LogP contribution in [0.1, 0.15) is 33.1 Å². The summed E-state index contributed by atoms with van der Waals surface area (Å²) in [5.41, 5.74) is 0. The Hall–Kier alpha value is -1.10. The molecule has 1 aliphatic rings. The number of amides is 2. The van der Waals surface area contributed by atoms with Crippen LogP contribution in [0.2, 0.25) is 0 Å². The normalized spacial score (nSPS) is 16.5. The van der Waals surface area contributed by atoms with Gasteiger partial charge in [-0.05, 0) is 20.3 Å². The molecule has 0 aromatic heterocycles. The van der Waals surface area contributed by atoms with E-state index < -0.39 is 0 Å². The summed E-state index contributed by atoms with van der Waals surface area (Å²) in [5.74, 6) is 0.330. The molecule has 18 heavy (non-hydrogen) atoms. The van der Waals surface area contributed by atoms with Gasteiger partial charge in [0.15, 0.2) is 6.67 Å². The van der Waals surface area contributed by atoms with Gasteiger partial charge in [-0.1, -0.05) is 0 Å². The van der Waals surface area contributed by atoms with Crippen molar-refractivity contribution >= 4 is 11.8 Å². The van der Waals surface area contributed by atoms with E-state index in [9.17, 15) is 9.59 Å². The summed E-state index contributed by atoms with van der Waals surface area (Å²) in [6.07, 6.45) is 2.15. The number of carbonyl (C=O) groups is 2. The van der Waals surface area contributed by atoms with E-state index in [1.807, 2.05) is 18.7 Å². The molecular formula is C13H26N3O2+. The molecule has 1 heterocycles. The van der Waals surface area contributed by atoms with Gasteiger partial charge in [-0.25, -0.2) is 0 Å². The number of hydrogen-bond acceptors (Lipinski definition) is 2. The Morgan fingerprint density at radius 1 is 1.44 bits per heavy atom. The van der Waals surface area contributed by atoms with Gasteiger partial charge in [0, 0.05) is 19.0 Å². The van der Waals surface area contributed by atoms with Gasteiger partial charge in [0.2, 0.25) is 11.8 Å². The third kappa shape index (κ3) is 5.04. The highest BCUT2D eigenvalue weighted by atomic mass is 16.2. The minimum absolute atomic E-state index is 0.0870. The Labute approximate surface area is 110 Å². The van der Waals surface area contributed by atoms with Crippen molar-refractivity contribution in [3.8, 4) is 0 Å². The first kappa shape index (κ1) is 15.0. The number of carbonyl (C=O) groups excluding carboxylic acids is 2. The lowest BCUT2D eigenvalue weighted by Crippen LogP contribution is -2.50. The van der Waals surface area contributed by atoms with E-state index in [1.54, 1.807) is 0 Å². The number of rotatable bonds is 6. The number of nitrogens with one attached hydrogen (secondary N) is 1. The molecule has 1 rings (SSSR count). The van der Waals surface area contributed by atoms with Crippen molar-refractivity contribution in [2.75, 3.05) is 33.9 Å². The first-order valence-corrected chi connectivity index (χ1v) is 6.69. The maximum absolute atomic E-state index is 11.6. The third-order valence-electron chi connectivity index (χ3n) is 3.12. The van der Waals surface area contributed by atoms with Gasteiger partial charge >= 0.3 is 0 Å². The predicted octanol–water partition coefficient (Wildman–Crippen LogP) is 0.557. The molecule has 2 amide bonds. The van der Waals surface area contributed by atoms with Crippen LogP contribution >= 0.6 is 0 Å². The van der Waals surface area contributed by atoms with Gasteiger partial charge in [0.05, 0.1) is 27.1 Å². The average molecular weight is 256 g/mol. The Bertz CT molecular complexity index is 313.